The van der Waals surface area contributed by atoms with Crippen LogP contribution in [-0.4, -0.2) is 30.6 Å². The van der Waals surface area contributed by atoms with Crippen molar-refractivity contribution >= 4 is 21.8 Å². The first-order valence-corrected chi connectivity index (χ1v) is 8.09. The molecular weight excluding hydrogens is 372 g/mol. The fraction of sp³-hybridized carbons (Fsp3) is 0.188. The SMILES string of the molecule is CC(C)n1cnnc1-c1ccc(-c2cc(Br)ccn2)c(C(N)=O)n1. The van der Waals surface area contributed by atoms with Crippen molar-refractivity contribution in [1.29, 1.82) is 0 Å². The van der Waals surface area contributed by atoms with Crippen LogP contribution in [0.3, 0.4) is 0 Å². The van der Waals surface area contributed by atoms with Gasteiger partial charge in [-0.25, -0.2) is 4.98 Å². The Morgan fingerprint density at radius 3 is 2.71 bits per heavy atom. The van der Waals surface area contributed by atoms with Gasteiger partial charge < -0.3 is 10.3 Å². The lowest BCUT2D eigenvalue weighted by Crippen LogP contribution is -2.16. The van der Waals surface area contributed by atoms with E-state index < -0.39 is 5.91 Å². The molecule has 0 bridgehead atoms. The number of pyridine rings is 2. The van der Waals surface area contributed by atoms with Crippen molar-refractivity contribution in [3.8, 4) is 22.8 Å². The monoisotopic (exact) mass is 386 g/mol. The van der Waals surface area contributed by atoms with Gasteiger partial charge in [0.25, 0.3) is 5.91 Å². The number of amides is 1. The molecule has 122 valence electrons. The van der Waals surface area contributed by atoms with Gasteiger partial charge in [0.15, 0.2) is 5.82 Å². The van der Waals surface area contributed by atoms with Gasteiger partial charge >= 0.3 is 0 Å². The molecule has 0 aliphatic heterocycles. The minimum Gasteiger partial charge on any atom is -0.364 e. The number of halogens is 1. The van der Waals surface area contributed by atoms with Crippen molar-refractivity contribution in [3.05, 3.63) is 47.0 Å². The van der Waals surface area contributed by atoms with Crippen molar-refractivity contribution in [2.24, 2.45) is 5.73 Å². The average Bonchev–Trinajstić information content (AvgIpc) is 3.04. The maximum atomic E-state index is 11.9. The first-order valence-electron chi connectivity index (χ1n) is 7.30. The van der Waals surface area contributed by atoms with Gasteiger partial charge in [-0.3, -0.25) is 9.78 Å². The van der Waals surface area contributed by atoms with Gasteiger partial charge in [0, 0.05) is 22.3 Å². The molecule has 0 aliphatic rings. The van der Waals surface area contributed by atoms with E-state index in [4.69, 9.17) is 5.73 Å². The Kier molecular flexibility index (Phi) is 4.39. The summed E-state index contributed by atoms with van der Waals surface area (Å²) >= 11 is 3.39. The number of hydrogen-bond acceptors (Lipinski definition) is 5. The molecule has 3 heterocycles. The van der Waals surface area contributed by atoms with E-state index in [9.17, 15) is 4.79 Å². The highest BCUT2D eigenvalue weighted by Crippen LogP contribution is 2.26. The van der Waals surface area contributed by atoms with Gasteiger partial charge in [-0.15, -0.1) is 10.2 Å². The number of carbonyl (C=O) groups excluding carboxylic acids is 1. The van der Waals surface area contributed by atoms with E-state index in [1.165, 1.54) is 0 Å². The minimum absolute atomic E-state index is 0.149. The van der Waals surface area contributed by atoms with Gasteiger partial charge in [0.2, 0.25) is 0 Å². The molecular formula is C16H15BrN6O. The summed E-state index contributed by atoms with van der Waals surface area (Å²) in [6, 6.07) is 7.34. The van der Waals surface area contributed by atoms with E-state index >= 15 is 0 Å². The smallest absolute Gasteiger partial charge is 0.268 e. The van der Waals surface area contributed by atoms with Crippen molar-refractivity contribution in [2.45, 2.75) is 19.9 Å². The summed E-state index contributed by atoms with van der Waals surface area (Å²) in [5, 5.41) is 8.02. The van der Waals surface area contributed by atoms with Gasteiger partial charge in [-0.05, 0) is 38.1 Å². The first-order chi connectivity index (χ1) is 11.5. The predicted molar refractivity (Wildman–Crippen MR) is 93.1 cm³/mol. The fourth-order valence-corrected chi connectivity index (χ4v) is 2.67. The molecule has 8 heteroatoms. The summed E-state index contributed by atoms with van der Waals surface area (Å²) in [6.45, 7) is 4.03. The Morgan fingerprint density at radius 1 is 1.25 bits per heavy atom. The Bertz CT molecular complexity index is 905. The quantitative estimate of drug-likeness (QED) is 0.742. The van der Waals surface area contributed by atoms with Crippen LogP contribution in [0, 0.1) is 0 Å². The molecule has 0 aromatic carbocycles. The maximum absolute atomic E-state index is 11.9. The summed E-state index contributed by atoms with van der Waals surface area (Å²) in [5.74, 6) is -0.0366. The van der Waals surface area contributed by atoms with Gasteiger partial charge in [0.1, 0.15) is 17.7 Å². The van der Waals surface area contributed by atoms with Crippen LogP contribution in [0.2, 0.25) is 0 Å². The molecule has 0 fully saturated rings. The van der Waals surface area contributed by atoms with E-state index in [0.29, 0.717) is 22.8 Å². The van der Waals surface area contributed by atoms with Crippen molar-refractivity contribution in [1.82, 2.24) is 24.7 Å². The molecule has 7 nitrogen and oxygen atoms in total. The standard InChI is InChI=1S/C16H15BrN6O/c1-9(2)23-8-20-22-16(23)12-4-3-11(14(21-12)15(18)24)13-7-10(17)5-6-19-13/h3-9H,1-2H3,(H2,18,24). The Hall–Kier alpha value is -2.61. The van der Waals surface area contributed by atoms with Crippen LogP contribution >= 0.6 is 15.9 Å². The third-order valence-corrected chi connectivity index (χ3v) is 3.98. The molecule has 2 N–H and O–H groups in total. The van der Waals surface area contributed by atoms with Crippen LogP contribution in [0.25, 0.3) is 22.8 Å². The molecule has 1 amide bonds. The first kappa shape index (κ1) is 16.3. The molecule has 0 saturated carbocycles. The molecule has 0 unspecified atom stereocenters. The van der Waals surface area contributed by atoms with Crippen LogP contribution in [0.1, 0.15) is 30.4 Å². The zero-order valence-corrected chi connectivity index (χ0v) is 14.7. The van der Waals surface area contributed by atoms with Crippen molar-refractivity contribution in [3.63, 3.8) is 0 Å². The largest absolute Gasteiger partial charge is 0.364 e. The molecule has 0 saturated heterocycles. The van der Waals surface area contributed by atoms with Gasteiger partial charge in [-0.1, -0.05) is 15.9 Å². The van der Waals surface area contributed by atoms with Crippen LogP contribution in [-0.2, 0) is 0 Å². The van der Waals surface area contributed by atoms with E-state index in [0.717, 1.165) is 4.47 Å². The fourth-order valence-electron chi connectivity index (χ4n) is 2.33. The average molecular weight is 387 g/mol. The Labute approximate surface area is 147 Å². The number of carbonyl (C=O) groups is 1. The second kappa shape index (κ2) is 6.48. The van der Waals surface area contributed by atoms with Crippen molar-refractivity contribution < 1.29 is 4.79 Å². The van der Waals surface area contributed by atoms with E-state index in [-0.39, 0.29) is 11.7 Å². The maximum Gasteiger partial charge on any atom is 0.268 e. The van der Waals surface area contributed by atoms with E-state index in [1.807, 2.05) is 18.4 Å². The number of nitrogens with zero attached hydrogens (tertiary/aromatic N) is 5. The zero-order valence-electron chi connectivity index (χ0n) is 13.1. The lowest BCUT2D eigenvalue weighted by Gasteiger charge is -2.11. The molecule has 0 radical (unpaired) electrons. The lowest BCUT2D eigenvalue weighted by atomic mass is 10.1. The Balaban J connectivity index is 2.15. The molecule has 3 aromatic heterocycles. The lowest BCUT2D eigenvalue weighted by molar-refractivity contribution is 0.0996. The Morgan fingerprint density at radius 2 is 2.04 bits per heavy atom. The second-order valence-electron chi connectivity index (χ2n) is 5.47. The minimum atomic E-state index is -0.621. The second-order valence-corrected chi connectivity index (χ2v) is 6.39. The summed E-state index contributed by atoms with van der Waals surface area (Å²) in [6.07, 6.45) is 3.28. The summed E-state index contributed by atoms with van der Waals surface area (Å²) < 4.78 is 2.73. The third-order valence-electron chi connectivity index (χ3n) is 3.49. The molecule has 0 spiro atoms. The van der Waals surface area contributed by atoms with Crippen LogP contribution < -0.4 is 5.73 Å². The summed E-state index contributed by atoms with van der Waals surface area (Å²) in [4.78, 5) is 20.6. The number of aromatic nitrogens is 5. The van der Waals surface area contributed by atoms with Crippen molar-refractivity contribution in [2.75, 3.05) is 0 Å². The molecule has 3 aromatic rings. The van der Waals surface area contributed by atoms with E-state index in [2.05, 4.69) is 36.1 Å². The highest BCUT2D eigenvalue weighted by molar-refractivity contribution is 9.10. The summed E-state index contributed by atoms with van der Waals surface area (Å²) in [5.41, 5.74) is 7.40. The van der Waals surface area contributed by atoms with Gasteiger partial charge in [-0.2, -0.15) is 0 Å². The molecule has 0 aliphatic carbocycles. The predicted octanol–water partition coefficient (Wildman–Crippen LogP) is 2.84. The number of hydrogen-bond donors (Lipinski definition) is 1. The van der Waals surface area contributed by atoms with Crippen LogP contribution in [0.15, 0.2) is 41.3 Å². The van der Waals surface area contributed by atoms with Gasteiger partial charge in [0.05, 0.1) is 5.69 Å². The highest BCUT2D eigenvalue weighted by Gasteiger charge is 2.18. The topological polar surface area (TPSA) is 99.6 Å². The number of primary amides is 1. The zero-order chi connectivity index (χ0) is 17.3. The number of nitrogens with two attached hydrogens (primary N) is 1. The summed E-state index contributed by atoms with van der Waals surface area (Å²) in [7, 11) is 0. The third kappa shape index (κ3) is 3.05. The van der Waals surface area contributed by atoms with E-state index in [1.54, 1.807) is 36.8 Å². The highest BCUT2D eigenvalue weighted by atomic mass is 79.9. The van der Waals surface area contributed by atoms with Crippen LogP contribution in [0.4, 0.5) is 0 Å². The molecule has 3 rings (SSSR count). The molecule has 24 heavy (non-hydrogen) atoms. The molecule has 0 atom stereocenters. The number of rotatable bonds is 4. The normalized spacial score (nSPS) is 11.0. The van der Waals surface area contributed by atoms with Crippen LogP contribution in [0.5, 0.6) is 0 Å².